The van der Waals surface area contributed by atoms with Gasteiger partial charge in [0.2, 0.25) is 17.7 Å². The highest BCUT2D eigenvalue weighted by Crippen LogP contribution is 2.45. The van der Waals surface area contributed by atoms with Crippen LogP contribution in [0, 0.1) is 17.3 Å². The molecule has 0 aliphatic carbocycles. The van der Waals surface area contributed by atoms with Crippen molar-refractivity contribution in [3.05, 3.63) is 76.8 Å². The zero-order valence-corrected chi connectivity index (χ0v) is 30.4. The predicted molar refractivity (Wildman–Crippen MR) is 188 cm³/mol. The van der Waals surface area contributed by atoms with E-state index < -0.39 is 52.8 Å². The number of ether oxygens (including phenoxy) is 3. The second-order valence-electron chi connectivity index (χ2n) is 14.5. The van der Waals surface area contributed by atoms with Crippen LogP contribution in [-0.4, -0.2) is 60.6 Å². The van der Waals surface area contributed by atoms with Crippen LogP contribution in [0.25, 0.3) is 0 Å². The number of nitrogens with one attached hydrogen (secondary N) is 3. The maximum Gasteiger partial charge on any atom is 0.328 e. The van der Waals surface area contributed by atoms with Crippen LogP contribution in [0.15, 0.2) is 60.7 Å². The van der Waals surface area contributed by atoms with E-state index in [1.54, 1.807) is 52.0 Å². The Bertz CT molecular complexity index is 1540. The molecule has 1 saturated heterocycles. The molecule has 2 heterocycles. The van der Waals surface area contributed by atoms with Gasteiger partial charge in [0.15, 0.2) is 0 Å². The third-order valence-electron chi connectivity index (χ3n) is 9.82. The van der Waals surface area contributed by atoms with Gasteiger partial charge in [0.1, 0.15) is 30.0 Å². The molecule has 1 fully saturated rings. The molecule has 11 heteroatoms. The molecule has 1 unspecified atom stereocenters. The molecule has 0 bridgehead atoms. The number of methoxy groups -OCH3 is 1. The van der Waals surface area contributed by atoms with Gasteiger partial charge in [-0.1, -0.05) is 74.8 Å². The van der Waals surface area contributed by atoms with Crippen molar-refractivity contribution in [2.45, 2.75) is 104 Å². The Morgan fingerprint density at radius 3 is 2.29 bits per heavy atom. The van der Waals surface area contributed by atoms with Gasteiger partial charge < -0.3 is 30.2 Å². The second kappa shape index (κ2) is 15.8. The van der Waals surface area contributed by atoms with Crippen LogP contribution in [0.3, 0.4) is 0 Å². The van der Waals surface area contributed by atoms with E-state index in [2.05, 4.69) is 16.0 Å². The molecule has 2 aliphatic heterocycles. The normalized spacial score (nSPS) is 27.3. The van der Waals surface area contributed by atoms with Gasteiger partial charge in [-0.25, -0.2) is 4.79 Å². The fourth-order valence-electron chi connectivity index (χ4n) is 5.92. The number of hydrogen-bond donors (Lipinski definition) is 3. The molecule has 10 nitrogen and oxygen atoms in total. The summed E-state index contributed by atoms with van der Waals surface area (Å²) >= 11 is 6.37. The number of hydrogen-bond acceptors (Lipinski definition) is 7. The Kier molecular flexibility index (Phi) is 12.2. The average Bonchev–Trinajstić information content (AvgIpc) is 3.84. The average molecular weight is 696 g/mol. The molecule has 4 rings (SSSR count). The van der Waals surface area contributed by atoms with E-state index in [0.29, 0.717) is 22.8 Å². The highest BCUT2D eigenvalue weighted by Gasteiger charge is 2.49. The number of halogens is 1. The number of epoxide rings is 1. The van der Waals surface area contributed by atoms with Crippen molar-refractivity contribution in [1.29, 1.82) is 0 Å². The van der Waals surface area contributed by atoms with Gasteiger partial charge in [-0.3, -0.25) is 14.4 Å². The number of cyclic esters (lactones) is 1. The molecular formula is C38H50ClN3O7. The summed E-state index contributed by atoms with van der Waals surface area (Å²) < 4.78 is 17.5. The second-order valence-corrected chi connectivity index (χ2v) is 14.9. The van der Waals surface area contributed by atoms with Gasteiger partial charge in [0.05, 0.1) is 23.7 Å². The van der Waals surface area contributed by atoms with Crippen molar-refractivity contribution in [3.8, 4) is 5.75 Å². The van der Waals surface area contributed by atoms with Gasteiger partial charge in [-0.05, 0) is 69.4 Å². The van der Waals surface area contributed by atoms with E-state index in [-0.39, 0.29) is 36.9 Å². The molecule has 0 spiro atoms. The van der Waals surface area contributed by atoms with Gasteiger partial charge in [0, 0.05) is 24.3 Å². The molecule has 0 aromatic heterocycles. The van der Waals surface area contributed by atoms with Crippen molar-refractivity contribution < 1.29 is 33.4 Å². The summed E-state index contributed by atoms with van der Waals surface area (Å²) in [6.07, 6.45) is 2.70. The number of carbonyl (C=O) groups excluding carboxylic acids is 4. The Labute approximate surface area is 294 Å². The molecule has 3 N–H and O–H groups in total. The summed E-state index contributed by atoms with van der Waals surface area (Å²) in [7, 11) is 1.51. The third-order valence-corrected chi connectivity index (χ3v) is 10.1. The molecule has 2 aliphatic rings. The third kappa shape index (κ3) is 9.42. The molecule has 2 aromatic carbocycles. The zero-order chi connectivity index (χ0) is 36.1. The van der Waals surface area contributed by atoms with Gasteiger partial charge in [-0.2, -0.15) is 0 Å². The lowest BCUT2D eigenvalue weighted by molar-refractivity contribution is -0.157. The van der Waals surface area contributed by atoms with Crippen molar-refractivity contribution in [2.75, 3.05) is 7.11 Å². The van der Waals surface area contributed by atoms with Crippen LogP contribution >= 0.6 is 11.6 Å². The van der Waals surface area contributed by atoms with Crippen LogP contribution in [0.2, 0.25) is 5.02 Å². The SMILES string of the molecule is COc1ccc(CC2NC(=O)/C=C/C[C@@H]([C@H](C)[C@H]3O[C@@H]3c3ccccc3)OC(=O)[C@H](CC(C)C)NC(=O)C(C)(C)C(C)(C)NC2=O)cc1Cl. The van der Waals surface area contributed by atoms with E-state index in [1.807, 2.05) is 51.1 Å². The molecular weight excluding hydrogens is 646 g/mol. The molecule has 2 aromatic rings. The first-order valence-corrected chi connectivity index (χ1v) is 17.2. The van der Waals surface area contributed by atoms with Crippen molar-refractivity contribution in [2.24, 2.45) is 17.3 Å². The van der Waals surface area contributed by atoms with E-state index >= 15 is 0 Å². The van der Waals surface area contributed by atoms with Crippen LogP contribution in [0.5, 0.6) is 5.75 Å². The number of rotatable bonds is 8. The lowest BCUT2D eigenvalue weighted by Crippen LogP contribution is -2.63. The summed E-state index contributed by atoms with van der Waals surface area (Å²) in [4.78, 5) is 54.9. The summed E-state index contributed by atoms with van der Waals surface area (Å²) in [5, 5.41) is 9.13. The van der Waals surface area contributed by atoms with Crippen molar-refractivity contribution >= 4 is 35.3 Å². The van der Waals surface area contributed by atoms with Gasteiger partial charge in [-0.15, -0.1) is 0 Å². The lowest BCUT2D eigenvalue weighted by atomic mass is 9.73. The molecule has 6 atom stereocenters. The molecule has 0 radical (unpaired) electrons. The minimum absolute atomic E-state index is 0.0696. The molecule has 3 amide bonds. The van der Waals surface area contributed by atoms with Crippen LogP contribution in [0.1, 0.15) is 78.5 Å². The van der Waals surface area contributed by atoms with Crippen LogP contribution in [0.4, 0.5) is 0 Å². The molecule has 0 saturated carbocycles. The Hall–Kier alpha value is -3.89. The van der Waals surface area contributed by atoms with Gasteiger partial charge in [0.25, 0.3) is 0 Å². The zero-order valence-electron chi connectivity index (χ0n) is 29.7. The van der Waals surface area contributed by atoms with E-state index in [9.17, 15) is 19.2 Å². The number of amides is 3. The minimum Gasteiger partial charge on any atom is -0.495 e. The van der Waals surface area contributed by atoms with E-state index in [4.69, 9.17) is 25.8 Å². The Morgan fingerprint density at radius 1 is 0.959 bits per heavy atom. The van der Waals surface area contributed by atoms with Crippen molar-refractivity contribution in [3.63, 3.8) is 0 Å². The van der Waals surface area contributed by atoms with Crippen molar-refractivity contribution in [1.82, 2.24) is 16.0 Å². The maximum absolute atomic E-state index is 13.9. The van der Waals surface area contributed by atoms with E-state index in [0.717, 1.165) is 5.56 Å². The first-order chi connectivity index (χ1) is 23.0. The van der Waals surface area contributed by atoms with Gasteiger partial charge >= 0.3 is 5.97 Å². The Morgan fingerprint density at radius 2 is 1.65 bits per heavy atom. The number of carbonyl (C=O) groups is 4. The maximum atomic E-state index is 13.9. The highest BCUT2D eigenvalue weighted by molar-refractivity contribution is 6.32. The summed E-state index contributed by atoms with van der Waals surface area (Å²) in [6, 6.07) is 13.1. The van der Waals surface area contributed by atoms with E-state index in [1.165, 1.54) is 13.2 Å². The topological polar surface area (TPSA) is 135 Å². The summed E-state index contributed by atoms with van der Waals surface area (Å²) in [6.45, 7) is 12.8. The predicted octanol–water partition coefficient (Wildman–Crippen LogP) is 5.48. The first-order valence-electron chi connectivity index (χ1n) is 16.9. The molecule has 266 valence electrons. The fraction of sp³-hybridized carbons (Fsp3) is 0.526. The van der Waals surface area contributed by atoms with Crippen LogP contribution < -0.4 is 20.7 Å². The molecule has 49 heavy (non-hydrogen) atoms. The lowest BCUT2D eigenvalue weighted by Gasteiger charge is -2.42. The largest absolute Gasteiger partial charge is 0.495 e. The van der Waals surface area contributed by atoms with Crippen LogP contribution in [-0.2, 0) is 35.1 Å². The standard InChI is InChI=1S/C38H50ClN3O7/c1-22(2)19-28-35(45)48-29(23(3)32-33(49-32)25-13-10-9-11-14-25)15-12-16-31(43)40-27(21-24-17-18-30(47-8)26(39)20-24)34(44)42-38(6,7)37(4,5)36(46)41-28/h9-14,16-18,20,22-23,27-29,32-33H,15,19,21H2,1-8H3,(H,40,43)(H,41,46)(H,42,44)/b16-12+/t23-,27?,28-,29-,32+,33+/m0/s1. The summed E-state index contributed by atoms with van der Waals surface area (Å²) in [5.74, 6) is -1.63. The number of benzene rings is 2. The Balaban J connectivity index is 1.67. The first kappa shape index (κ1) is 37.9. The number of esters is 1. The quantitative estimate of drug-likeness (QED) is 0.246. The summed E-state index contributed by atoms with van der Waals surface area (Å²) in [5.41, 5.74) is -0.564. The smallest absolute Gasteiger partial charge is 0.328 e. The fourth-order valence-corrected chi connectivity index (χ4v) is 6.20. The minimum atomic E-state index is -1.19. The monoisotopic (exact) mass is 695 g/mol. The highest BCUT2D eigenvalue weighted by atomic mass is 35.5.